The van der Waals surface area contributed by atoms with Crippen LogP contribution < -0.4 is 5.32 Å². The van der Waals surface area contributed by atoms with Gasteiger partial charge in [-0.3, -0.25) is 4.79 Å². The van der Waals surface area contributed by atoms with Crippen LogP contribution in [-0.4, -0.2) is 5.78 Å². The zero-order chi connectivity index (χ0) is 19.5. The standard InChI is InChI=1S/C23H28ClNO/c1-7-9-22(26)23(5,6)20-14-21(16(3)12-15(20)2)25-17(4)18-10-8-11-19(24)13-18/h8,10-14,25H,4,7,9H2,1-3,5-6H3. The van der Waals surface area contributed by atoms with Crippen molar-refractivity contribution in [3.63, 3.8) is 0 Å². The summed E-state index contributed by atoms with van der Waals surface area (Å²) in [5, 5.41) is 4.08. The monoisotopic (exact) mass is 369 g/mol. The number of hydrogen-bond donors (Lipinski definition) is 1. The second kappa shape index (κ2) is 8.09. The van der Waals surface area contributed by atoms with Gasteiger partial charge in [-0.25, -0.2) is 0 Å². The van der Waals surface area contributed by atoms with Crippen molar-refractivity contribution in [2.45, 2.75) is 52.9 Å². The van der Waals surface area contributed by atoms with Crippen molar-refractivity contribution in [3.05, 3.63) is 70.3 Å². The molecule has 0 aliphatic rings. The number of rotatable bonds is 7. The van der Waals surface area contributed by atoms with Gasteiger partial charge in [0, 0.05) is 28.2 Å². The van der Waals surface area contributed by atoms with Crippen LogP contribution >= 0.6 is 11.6 Å². The van der Waals surface area contributed by atoms with E-state index in [4.69, 9.17) is 11.6 Å². The highest BCUT2D eigenvalue weighted by Crippen LogP contribution is 2.34. The highest BCUT2D eigenvalue weighted by atomic mass is 35.5. The zero-order valence-corrected chi connectivity index (χ0v) is 17.1. The third-order valence-electron chi connectivity index (χ3n) is 4.88. The first-order valence-corrected chi connectivity index (χ1v) is 9.41. The number of hydrogen-bond acceptors (Lipinski definition) is 2. The minimum atomic E-state index is -0.512. The maximum absolute atomic E-state index is 12.6. The van der Waals surface area contributed by atoms with E-state index in [1.807, 2.05) is 45.0 Å². The van der Waals surface area contributed by atoms with Gasteiger partial charge in [0.1, 0.15) is 5.78 Å². The van der Waals surface area contributed by atoms with Crippen LogP contribution in [0.25, 0.3) is 5.70 Å². The number of anilines is 1. The lowest BCUT2D eigenvalue weighted by Crippen LogP contribution is -2.30. The molecule has 0 heterocycles. The molecular formula is C23H28ClNO. The number of carbonyl (C=O) groups is 1. The Morgan fingerprint density at radius 2 is 1.85 bits per heavy atom. The summed E-state index contributed by atoms with van der Waals surface area (Å²) < 4.78 is 0. The SMILES string of the molecule is C=C(Nc1cc(C(C)(C)C(=O)CCC)c(C)cc1C)c1cccc(Cl)c1. The molecule has 2 aromatic carbocycles. The Morgan fingerprint density at radius 3 is 2.46 bits per heavy atom. The van der Waals surface area contributed by atoms with Crippen LogP contribution in [0.4, 0.5) is 5.69 Å². The van der Waals surface area contributed by atoms with Crippen molar-refractivity contribution in [2.75, 3.05) is 5.32 Å². The number of benzene rings is 2. The number of Topliss-reactive ketones (excluding diaryl/α,β-unsaturated/α-hetero) is 1. The molecular weight excluding hydrogens is 342 g/mol. The Hall–Kier alpha value is -2.06. The molecule has 26 heavy (non-hydrogen) atoms. The van der Waals surface area contributed by atoms with Gasteiger partial charge in [-0.15, -0.1) is 0 Å². The average molecular weight is 370 g/mol. The highest BCUT2D eigenvalue weighted by Gasteiger charge is 2.30. The summed E-state index contributed by atoms with van der Waals surface area (Å²) in [6, 6.07) is 11.8. The summed E-state index contributed by atoms with van der Waals surface area (Å²) >= 11 is 6.09. The van der Waals surface area contributed by atoms with E-state index in [-0.39, 0.29) is 5.78 Å². The number of carbonyl (C=O) groups excluding carboxylic acids is 1. The Balaban J connectivity index is 2.38. The largest absolute Gasteiger partial charge is 0.355 e. The lowest BCUT2D eigenvalue weighted by molar-refractivity contribution is -0.123. The average Bonchev–Trinajstić information content (AvgIpc) is 2.57. The molecule has 0 amide bonds. The van der Waals surface area contributed by atoms with E-state index in [0.717, 1.165) is 40.1 Å². The van der Waals surface area contributed by atoms with Crippen molar-refractivity contribution in [2.24, 2.45) is 0 Å². The molecule has 0 bridgehead atoms. The lowest BCUT2D eigenvalue weighted by atomic mass is 9.76. The van der Waals surface area contributed by atoms with Crippen LogP contribution in [0.1, 0.15) is 55.9 Å². The first kappa shape index (κ1) is 20.3. The third-order valence-corrected chi connectivity index (χ3v) is 5.11. The smallest absolute Gasteiger partial charge is 0.142 e. The molecule has 0 aromatic heterocycles. The predicted octanol–water partition coefficient (Wildman–Crippen LogP) is 6.69. The van der Waals surface area contributed by atoms with Gasteiger partial charge in [0.25, 0.3) is 0 Å². The Labute approximate surface area is 162 Å². The summed E-state index contributed by atoms with van der Waals surface area (Å²) in [4.78, 5) is 12.6. The van der Waals surface area contributed by atoms with Crippen LogP contribution in [-0.2, 0) is 10.2 Å². The highest BCUT2D eigenvalue weighted by molar-refractivity contribution is 6.30. The minimum absolute atomic E-state index is 0.270. The molecule has 0 radical (unpaired) electrons. The van der Waals surface area contributed by atoms with Crippen molar-refractivity contribution in [1.29, 1.82) is 0 Å². The van der Waals surface area contributed by atoms with Gasteiger partial charge in [-0.1, -0.05) is 43.3 Å². The molecule has 0 aliphatic heterocycles. The number of ketones is 1. The molecule has 0 spiro atoms. The van der Waals surface area contributed by atoms with E-state index >= 15 is 0 Å². The van der Waals surface area contributed by atoms with E-state index in [1.165, 1.54) is 0 Å². The molecule has 2 aromatic rings. The molecule has 0 saturated heterocycles. The van der Waals surface area contributed by atoms with E-state index in [1.54, 1.807) is 0 Å². The molecule has 0 unspecified atom stereocenters. The van der Waals surface area contributed by atoms with Gasteiger partial charge in [0.2, 0.25) is 0 Å². The molecule has 0 atom stereocenters. The third kappa shape index (κ3) is 4.37. The van der Waals surface area contributed by atoms with E-state index in [0.29, 0.717) is 11.4 Å². The second-order valence-electron chi connectivity index (χ2n) is 7.39. The molecule has 3 heteroatoms. The molecule has 0 saturated carbocycles. The first-order chi connectivity index (χ1) is 12.2. The fraction of sp³-hybridized carbons (Fsp3) is 0.348. The quantitative estimate of drug-likeness (QED) is 0.589. The molecule has 1 N–H and O–H groups in total. The predicted molar refractivity (Wildman–Crippen MR) is 113 cm³/mol. The second-order valence-corrected chi connectivity index (χ2v) is 7.83. The van der Waals surface area contributed by atoms with Crippen LogP contribution in [0.15, 0.2) is 43.0 Å². The maximum Gasteiger partial charge on any atom is 0.142 e. The zero-order valence-electron chi connectivity index (χ0n) is 16.4. The van der Waals surface area contributed by atoms with Gasteiger partial charge < -0.3 is 5.32 Å². The fourth-order valence-electron chi connectivity index (χ4n) is 3.26. The summed E-state index contributed by atoms with van der Waals surface area (Å²) in [7, 11) is 0. The van der Waals surface area contributed by atoms with Crippen LogP contribution in [0.3, 0.4) is 0 Å². The maximum atomic E-state index is 12.6. The molecule has 0 aliphatic carbocycles. The minimum Gasteiger partial charge on any atom is -0.355 e. The Kier molecular flexibility index (Phi) is 6.30. The van der Waals surface area contributed by atoms with Crippen LogP contribution in [0, 0.1) is 13.8 Å². The van der Waals surface area contributed by atoms with Gasteiger partial charge >= 0.3 is 0 Å². The van der Waals surface area contributed by atoms with E-state index in [2.05, 4.69) is 37.9 Å². The van der Waals surface area contributed by atoms with E-state index in [9.17, 15) is 4.79 Å². The van der Waals surface area contributed by atoms with Crippen molar-refractivity contribution >= 4 is 28.8 Å². The fourth-order valence-corrected chi connectivity index (χ4v) is 3.45. The lowest BCUT2D eigenvalue weighted by Gasteiger charge is -2.27. The normalized spacial score (nSPS) is 11.3. The Bertz CT molecular complexity index is 836. The van der Waals surface area contributed by atoms with Gasteiger partial charge in [-0.2, -0.15) is 0 Å². The number of halogens is 1. The topological polar surface area (TPSA) is 29.1 Å². The number of nitrogens with one attached hydrogen (secondary N) is 1. The summed E-state index contributed by atoms with van der Waals surface area (Å²) in [6.07, 6.45) is 1.46. The molecule has 2 rings (SSSR count). The van der Waals surface area contributed by atoms with Crippen LogP contribution in [0.5, 0.6) is 0 Å². The summed E-state index contributed by atoms with van der Waals surface area (Å²) in [5.74, 6) is 0.270. The first-order valence-electron chi connectivity index (χ1n) is 9.03. The molecule has 0 fully saturated rings. The van der Waals surface area contributed by atoms with E-state index < -0.39 is 5.41 Å². The molecule has 138 valence electrons. The van der Waals surface area contributed by atoms with Gasteiger partial charge in [0.05, 0.1) is 0 Å². The van der Waals surface area contributed by atoms with Gasteiger partial charge in [-0.05, 0) is 74.6 Å². The summed E-state index contributed by atoms with van der Waals surface area (Å²) in [6.45, 7) is 14.3. The van der Waals surface area contributed by atoms with Crippen molar-refractivity contribution in [1.82, 2.24) is 0 Å². The van der Waals surface area contributed by atoms with Crippen molar-refractivity contribution in [3.8, 4) is 0 Å². The summed E-state index contributed by atoms with van der Waals surface area (Å²) in [5.41, 5.74) is 5.49. The number of aryl methyl sites for hydroxylation is 2. The molecule has 2 nitrogen and oxygen atoms in total. The Morgan fingerprint density at radius 1 is 1.15 bits per heavy atom. The van der Waals surface area contributed by atoms with Crippen molar-refractivity contribution < 1.29 is 4.79 Å². The van der Waals surface area contributed by atoms with Crippen LogP contribution in [0.2, 0.25) is 5.02 Å². The van der Waals surface area contributed by atoms with Gasteiger partial charge in [0.15, 0.2) is 0 Å².